The number of aliphatic hydroxyl groups is 2. The zero-order valence-electron chi connectivity index (χ0n) is 10.7. The third kappa shape index (κ3) is 1.55. The fourth-order valence-corrected chi connectivity index (χ4v) is 4.46. The first-order chi connectivity index (χ1) is 8.67. The van der Waals surface area contributed by atoms with E-state index in [1.165, 1.54) is 0 Å². The summed E-state index contributed by atoms with van der Waals surface area (Å²) in [5, 5.41) is 20.6. The molecule has 3 aliphatic carbocycles. The Morgan fingerprint density at radius 3 is 1.56 bits per heavy atom. The Morgan fingerprint density at radius 1 is 0.833 bits per heavy atom. The van der Waals surface area contributed by atoms with Crippen molar-refractivity contribution in [1.82, 2.24) is 0 Å². The highest BCUT2D eigenvalue weighted by atomic mass is 16.3. The van der Waals surface area contributed by atoms with E-state index >= 15 is 0 Å². The van der Waals surface area contributed by atoms with Crippen LogP contribution in [0.25, 0.3) is 0 Å². The van der Waals surface area contributed by atoms with Crippen molar-refractivity contribution in [2.45, 2.75) is 25.0 Å². The molecule has 2 fully saturated rings. The minimum Gasteiger partial charge on any atom is -0.392 e. The molecule has 0 aromatic rings. The standard InChI is InChI=1S/C16H22O2/c1-3-9-7-13-11(15(9)17)5-6-12-14(13)8-10(4-2)16(12)18/h3-6,9-18H,1-2,7-8H2/t9-,10+,11+,12-,13+,14-,15+,16-. The van der Waals surface area contributed by atoms with Gasteiger partial charge < -0.3 is 10.2 Å². The highest BCUT2D eigenvalue weighted by Gasteiger charge is 2.52. The second kappa shape index (κ2) is 4.36. The van der Waals surface area contributed by atoms with Gasteiger partial charge in [-0.1, -0.05) is 24.3 Å². The summed E-state index contributed by atoms with van der Waals surface area (Å²) in [6.07, 6.45) is 9.50. The number of aliphatic hydroxyl groups excluding tert-OH is 2. The maximum Gasteiger partial charge on any atom is 0.0668 e. The molecule has 0 heterocycles. The Labute approximate surface area is 109 Å². The van der Waals surface area contributed by atoms with Crippen LogP contribution in [0, 0.1) is 35.5 Å². The maximum absolute atomic E-state index is 10.3. The van der Waals surface area contributed by atoms with Gasteiger partial charge in [-0.2, -0.15) is 0 Å². The van der Waals surface area contributed by atoms with Gasteiger partial charge in [0.1, 0.15) is 0 Å². The van der Waals surface area contributed by atoms with Crippen LogP contribution in [0.4, 0.5) is 0 Å². The Balaban J connectivity index is 1.88. The summed E-state index contributed by atoms with van der Waals surface area (Å²) in [6, 6.07) is 0. The molecule has 2 N–H and O–H groups in total. The smallest absolute Gasteiger partial charge is 0.0668 e. The lowest BCUT2D eigenvalue weighted by Crippen LogP contribution is -2.32. The molecule has 0 aliphatic heterocycles. The van der Waals surface area contributed by atoms with E-state index < -0.39 is 0 Å². The fourth-order valence-electron chi connectivity index (χ4n) is 4.46. The van der Waals surface area contributed by atoms with Gasteiger partial charge in [0.15, 0.2) is 0 Å². The molecule has 2 nitrogen and oxygen atoms in total. The van der Waals surface area contributed by atoms with Gasteiger partial charge in [-0.05, 0) is 24.7 Å². The zero-order chi connectivity index (χ0) is 12.9. The summed E-state index contributed by atoms with van der Waals surface area (Å²) in [5.74, 6) is 1.93. The summed E-state index contributed by atoms with van der Waals surface area (Å²) in [6.45, 7) is 7.67. The molecule has 0 amide bonds. The number of hydrogen-bond donors (Lipinski definition) is 2. The third-order valence-corrected chi connectivity index (χ3v) is 5.45. The van der Waals surface area contributed by atoms with Crippen LogP contribution < -0.4 is 0 Å². The first-order valence-electron chi connectivity index (χ1n) is 6.97. The SMILES string of the molecule is C=C[C@@H]1C[C@H]2[C@H](C=C[C@H]3[C@H](O)[C@@H](C=C)C[C@H]32)[C@H]1O. The van der Waals surface area contributed by atoms with Gasteiger partial charge in [-0.3, -0.25) is 0 Å². The van der Waals surface area contributed by atoms with Crippen LogP contribution >= 0.6 is 0 Å². The van der Waals surface area contributed by atoms with Crippen molar-refractivity contribution in [2.24, 2.45) is 35.5 Å². The topological polar surface area (TPSA) is 40.5 Å². The lowest BCUT2D eigenvalue weighted by atomic mass is 9.73. The molecule has 3 aliphatic rings. The molecule has 0 saturated heterocycles. The van der Waals surface area contributed by atoms with Gasteiger partial charge in [0, 0.05) is 23.7 Å². The van der Waals surface area contributed by atoms with Crippen molar-refractivity contribution < 1.29 is 10.2 Å². The molecule has 3 rings (SSSR count). The molecule has 0 bridgehead atoms. The molecular weight excluding hydrogens is 224 g/mol. The van der Waals surface area contributed by atoms with E-state index in [1.807, 2.05) is 12.2 Å². The largest absolute Gasteiger partial charge is 0.392 e. The average molecular weight is 246 g/mol. The molecular formula is C16H22O2. The molecule has 18 heavy (non-hydrogen) atoms. The van der Waals surface area contributed by atoms with Crippen LogP contribution in [-0.2, 0) is 0 Å². The van der Waals surface area contributed by atoms with E-state index in [-0.39, 0.29) is 35.9 Å². The molecule has 0 spiro atoms. The highest BCUT2D eigenvalue weighted by Crippen LogP contribution is 2.54. The van der Waals surface area contributed by atoms with Gasteiger partial charge in [0.25, 0.3) is 0 Å². The molecule has 0 radical (unpaired) electrons. The molecule has 0 unspecified atom stereocenters. The summed E-state index contributed by atoms with van der Waals surface area (Å²) in [7, 11) is 0. The molecule has 2 heteroatoms. The summed E-state index contributed by atoms with van der Waals surface area (Å²) < 4.78 is 0. The number of hydrogen-bond acceptors (Lipinski definition) is 2. The van der Waals surface area contributed by atoms with E-state index in [0.29, 0.717) is 11.8 Å². The predicted octanol–water partition coefficient (Wildman–Crippen LogP) is 2.15. The highest BCUT2D eigenvalue weighted by molar-refractivity contribution is 5.18. The van der Waals surface area contributed by atoms with Gasteiger partial charge in [-0.15, -0.1) is 13.2 Å². The van der Waals surface area contributed by atoms with Gasteiger partial charge in [0.05, 0.1) is 12.2 Å². The summed E-state index contributed by atoms with van der Waals surface area (Å²) in [4.78, 5) is 0. The van der Waals surface area contributed by atoms with Crippen molar-refractivity contribution in [3.63, 3.8) is 0 Å². The molecule has 2 saturated carbocycles. The van der Waals surface area contributed by atoms with Crippen LogP contribution in [0.1, 0.15) is 12.8 Å². The van der Waals surface area contributed by atoms with Crippen LogP contribution in [0.3, 0.4) is 0 Å². The lowest BCUT2D eigenvalue weighted by molar-refractivity contribution is 0.0813. The quantitative estimate of drug-likeness (QED) is 0.733. The Morgan fingerprint density at radius 2 is 1.22 bits per heavy atom. The Kier molecular flexibility index (Phi) is 2.95. The minimum atomic E-state index is -0.287. The van der Waals surface area contributed by atoms with Crippen LogP contribution in [0.2, 0.25) is 0 Å². The molecule has 98 valence electrons. The predicted molar refractivity (Wildman–Crippen MR) is 71.7 cm³/mol. The van der Waals surface area contributed by atoms with Crippen LogP contribution in [0.15, 0.2) is 37.5 Å². The zero-order valence-corrected chi connectivity index (χ0v) is 10.7. The van der Waals surface area contributed by atoms with Gasteiger partial charge in [-0.25, -0.2) is 0 Å². The lowest BCUT2D eigenvalue weighted by Gasteiger charge is -2.33. The first kappa shape index (κ1) is 12.2. The average Bonchev–Trinajstić information content (AvgIpc) is 2.88. The molecule has 0 aromatic heterocycles. The van der Waals surface area contributed by atoms with Crippen molar-refractivity contribution in [3.05, 3.63) is 37.5 Å². The maximum atomic E-state index is 10.3. The second-order valence-corrected chi connectivity index (χ2v) is 6.12. The molecule has 8 atom stereocenters. The summed E-state index contributed by atoms with van der Waals surface area (Å²) >= 11 is 0. The summed E-state index contributed by atoms with van der Waals surface area (Å²) in [5.41, 5.74) is 0. The van der Waals surface area contributed by atoms with E-state index in [9.17, 15) is 10.2 Å². The van der Waals surface area contributed by atoms with Crippen LogP contribution in [0.5, 0.6) is 0 Å². The number of fused-ring (bicyclic) bond motifs is 3. The van der Waals surface area contributed by atoms with E-state index in [1.54, 1.807) is 0 Å². The van der Waals surface area contributed by atoms with Crippen LogP contribution in [-0.4, -0.2) is 22.4 Å². The van der Waals surface area contributed by atoms with Gasteiger partial charge in [0.2, 0.25) is 0 Å². The number of rotatable bonds is 2. The Hall–Kier alpha value is -0.860. The minimum absolute atomic E-state index is 0.211. The monoisotopic (exact) mass is 246 g/mol. The third-order valence-electron chi connectivity index (χ3n) is 5.45. The first-order valence-corrected chi connectivity index (χ1v) is 6.97. The van der Waals surface area contributed by atoms with E-state index in [2.05, 4.69) is 25.3 Å². The van der Waals surface area contributed by atoms with Crippen molar-refractivity contribution in [3.8, 4) is 0 Å². The van der Waals surface area contributed by atoms with E-state index in [4.69, 9.17) is 0 Å². The fraction of sp³-hybridized carbons (Fsp3) is 0.625. The van der Waals surface area contributed by atoms with Crippen molar-refractivity contribution >= 4 is 0 Å². The van der Waals surface area contributed by atoms with Gasteiger partial charge >= 0.3 is 0 Å². The van der Waals surface area contributed by atoms with E-state index in [0.717, 1.165) is 12.8 Å². The normalized spacial score (nSPS) is 53.9. The van der Waals surface area contributed by atoms with Crippen molar-refractivity contribution in [2.75, 3.05) is 0 Å². The second-order valence-electron chi connectivity index (χ2n) is 6.12. The molecule has 0 aromatic carbocycles. The Bertz CT molecular complexity index is 351. The van der Waals surface area contributed by atoms with Crippen molar-refractivity contribution in [1.29, 1.82) is 0 Å².